The highest BCUT2D eigenvalue weighted by atomic mass is 16.1. The Kier molecular flexibility index (Phi) is 3.73. The van der Waals surface area contributed by atoms with Crippen molar-refractivity contribution in [2.75, 3.05) is 5.32 Å². The third kappa shape index (κ3) is 2.71. The summed E-state index contributed by atoms with van der Waals surface area (Å²) in [6.07, 6.45) is 7.93. The molecule has 1 aliphatic carbocycles. The summed E-state index contributed by atoms with van der Waals surface area (Å²) in [6, 6.07) is 8.15. The van der Waals surface area contributed by atoms with Crippen molar-refractivity contribution in [3.63, 3.8) is 0 Å². The molecule has 0 aromatic heterocycles. The molecule has 1 N–H and O–H groups in total. The molecule has 1 aromatic carbocycles. The van der Waals surface area contributed by atoms with E-state index in [2.05, 4.69) is 10.3 Å². The minimum Gasteiger partial charge on any atom is -0.381 e. The molecule has 0 amide bonds. The maximum atomic E-state index is 10.3. The average molecular weight is 216 g/mol. The number of anilines is 1. The normalized spacial score (nSPS) is 16.5. The number of rotatable bonds is 3. The Bertz CT molecular complexity index is 391. The van der Waals surface area contributed by atoms with E-state index in [0.717, 1.165) is 5.69 Å². The number of isocyanates is 1. The van der Waals surface area contributed by atoms with Gasteiger partial charge in [0.15, 0.2) is 0 Å². The monoisotopic (exact) mass is 216 g/mol. The van der Waals surface area contributed by atoms with Crippen molar-refractivity contribution in [3.05, 3.63) is 24.3 Å². The van der Waals surface area contributed by atoms with Gasteiger partial charge in [-0.3, -0.25) is 0 Å². The van der Waals surface area contributed by atoms with Crippen LogP contribution >= 0.6 is 0 Å². The molecule has 3 nitrogen and oxygen atoms in total. The number of carbonyl (C=O) groups excluding carboxylic acids is 1. The van der Waals surface area contributed by atoms with E-state index < -0.39 is 0 Å². The summed E-state index contributed by atoms with van der Waals surface area (Å²) in [5, 5.41) is 3.46. The molecule has 0 spiro atoms. The van der Waals surface area contributed by atoms with Crippen LogP contribution in [0.5, 0.6) is 0 Å². The molecule has 0 unspecified atom stereocenters. The quantitative estimate of drug-likeness (QED) is 0.621. The molecule has 0 heterocycles. The Balaban J connectivity index is 2.10. The fraction of sp³-hybridized carbons (Fsp3) is 0.462. The number of nitrogens with zero attached hydrogens (tertiary/aromatic N) is 1. The number of hydrogen-bond acceptors (Lipinski definition) is 3. The van der Waals surface area contributed by atoms with Crippen molar-refractivity contribution in [2.45, 2.75) is 38.1 Å². The van der Waals surface area contributed by atoms with Crippen LogP contribution in [0.25, 0.3) is 0 Å². The van der Waals surface area contributed by atoms with Crippen molar-refractivity contribution in [2.24, 2.45) is 4.99 Å². The van der Waals surface area contributed by atoms with E-state index in [9.17, 15) is 4.79 Å². The first-order chi connectivity index (χ1) is 7.90. The Morgan fingerprint density at radius 1 is 1.19 bits per heavy atom. The van der Waals surface area contributed by atoms with E-state index in [0.29, 0.717) is 11.7 Å². The zero-order valence-electron chi connectivity index (χ0n) is 9.28. The summed E-state index contributed by atoms with van der Waals surface area (Å²) in [4.78, 5) is 14.0. The molecule has 1 fully saturated rings. The van der Waals surface area contributed by atoms with Crippen LogP contribution in [0.3, 0.4) is 0 Å². The highest BCUT2D eigenvalue weighted by Crippen LogP contribution is 2.27. The molecule has 1 aromatic rings. The maximum absolute atomic E-state index is 10.3. The maximum Gasteiger partial charge on any atom is 0.240 e. The summed E-state index contributed by atoms with van der Waals surface area (Å²) >= 11 is 0. The minimum atomic E-state index is 0.525. The van der Waals surface area contributed by atoms with E-state index in [1.807, 2.05) is 24.3 Å². The van der Waals surface area contributed by atoms with Gasteiger partial charge in [-0.2, -0.15) is 4.99 Å². The molecule has 0 atom stereocenters. The lowest BCUT2D eigenvalue weighted by molar-refractivity contribution is 0.463. The van der Waals surface area contributed by atoms with Gasteiger partial charge >= 0.3 is 0 Å². The van der Waals surface area contributed by atoms with Crippen LogP contribution in [-0.2, 0) is 4.79 Å². The van der Waals surface area contributed by atoms with Gasteiger partial charge in [0.05, 0.1) is 11.4 Å². The molecule has 1 saturated carbocycles. The second-order valence-corrected chi connectivity index (χ2v) is 4.20. The molecule has 0 radical (unpaired) electrons. The van der Waals surface area contributed by atoms with Crippen molar-refractivity contribution < 1.29 is 4.79 Å². The fourth-order valence-corrected chi connectivity index (χ4v) is 2.21. The van der Waals surface area contributed by atoms with Crippen molar-refractivity contribution in [1.29, 1.82) is 0 Å². The molecule has 0 aliphatic heterocycles. The smallest absolute Gasteiger partial charge is 0.240 e. The second-order valence-electron chi connectivity index (χ2n) is 4.20. The minimum absolute atomic E-state index is 0.525. The third-order valence-corrected chi connectivity index (χ3v) is 3.03. The van der Waals surface area contributed by atoms with Gasteiger partial charge in [-0.1, -0.05) is 31.4 Å². The predicted octanol–water partition coefficient (Wildman–Crippen LogP) is 3.40. The second kappa shape index (κ2) is 5.47. The van der Waals surface area contributed by atoms with E-state index >= 15 is 0 Å². The zero-order valence-corrected chi connectivity index (χ0v) is 9.28. The lowest BCUT2D eigenvalue weighted by atomic mass is 9.95. The number of para-hydroxylation sites is 2. The van der Waals surface area contributed by atoms with Crippen LogP contribution < -0.4 is 5.32 Å². The van der Waals surface area contributed by atoms with Gasteiger partial charge < -0.3 is 5.32 Å². The topological polar surface area (TPSA) is 41.5 Å². The Morgan fingerprint density at radius 2 is 1.94 bits per heavy atom. The number of nitrogens with one attached hydrogen (secondary N) is 1. The number of benzene rings is 1. The van der Waals surface area contributed by atoms with Gasteiger partial charge in [0.25, 0.3) is 0 Å². The fourth-order valence-electron chi connectivity index (χ4n) is 2.21. The SMILES string of the molecule is O=C=Nc1ccccc1NC1CCCCC1. The molecule has 3 heteroatoms. The first-order valence-corrected chi connectivity index (χ1v) is 5.83. The first kappa shape index (κ1) is 10.9. The van der Waals surface area contributed by atoms with Crippen LogP contribution in [0.2, 0.25) is 0 Å². The lowest BCUT2D eigenvalue weighted by Crippen LogP contribution is -2.22. The van der Waals surface area contributed by atoms with Crippen molar-refractivity contribution in [1.82, 2.24) is 0 Å². The van der Waals surface area contributed by atoms with Crippen molar-refractivity contribution >= 4 is 17.5 Å². The summed E-state index contributed by atoms with van der Waals surface area (Å²) in [5.74, 6) is 0. The highest BCUT2D eigenvalue weighted by molar-refractivity contribution is 5.68. The van der Waals surface area contributed by atoms with Gasteiger partial charge in [-0.25, -0.2) is 4.79 Å². The molecular weight excluding hydrogens is 200 g/mol. The first-order valence-electron chi connectivity index (χ1n) is 5.83. The van der Waals surface area contributed by atoms with Crippen molar-refractivity contribution in [3.8, 4) is 0 Å². The molecule has 16 heavy (non-hydrogen) atoms. The van der Waals surface area contributed by atoms with Gasteiger partial charge in [-0.05, 0) is 25.0 Å². The number of hydrogen-bond donors (Lipinski definition) is 1. The molecular formula is C13H16N2O. The standard InChI is InChI=1S/C13H16N2O/c16-10-14-12-8-4-5-9-13(12)15-11-6-2-1-3-7-11/h4-5,8-9,11,15H,1-3,6-7H2. The molecule has 84 valence electrons. The summed E-state index contributed by atoms with van der Waals surface area (Å²) < 4.78 is 0. The third-order valence-electron chi connectivity index (χ3n) is 3.03. The Morgan fingerprint density at radius 3 is 2.69 bits per heavy atom. The average Bonchev–Trinajstić information content (AvgIpc) is 2.33. The van der Waals surface area contributed by atoms with Gasteiger partial charge in [-0.15, -0.1) is 0 Å². The predicted molar refractivity (Wildman–Crippen MR) is 64.7 cm³/mol. The molecule has 0 saturated heterocycles. The van der Waals surface area contributed by atoms with Crippen LogP contribution in [-0.4, -0.2) is 12.1 Å². The number of aliphatic imine (C=N–C) groups is 1. The molecule has 1 aliphatic rings. The summed E-state index contributed by atoms with van der Waals surface area (Å²) in [6.45, 7) is 0. The Hall–Kier alpha value is -1.60. The van der Waals surface area contributed by atoms with Crippen LogP contribution in [0.1, 0.15) is 32.1 Å². The molecule has 2 rings (SSSR count). The summed E-state index contributed by atoms with van der Waals surface area (Å²) in [5.41, 5.74) is 1.63. The van der Waals surface area contributed by atoms with Gasteiger partial charge in [0, 0.05) is 6.04 Å². The van der Waals surface area contributed by atoms with Crippen LogP contribution in [0, 0.1) is 0 Å². The highest BCUT2D eigenvalue weighted by Gasteiger charge is 2.13. The van der Waals surface area contributed by atoms with E-state index in [4.69, 9.17) is 0 Å². The van der Waals surface area contributed by atoms with E-state index in [-0.39, 0.29) is 0 Å². The lowest BCUT2D eigenvalue weighted by Gasteiger charge is -2.24. The van der Waals surface area contributed by atoms with E-state index in [1.54, 1.807) is 6.08 Å². The van der Waals surface area contributed by atoms with Crippen LogP contribution in [0.4, 0.5) is 11.4 Å². The zero-order chi connectivity index (χ0) is 11.2. The Labute approximate surface area is 95.6 Å². The van der Waals surface area contributed by atoms with Gasteiger partial charge in [0.2, 0.25) is 6.08 Å². The van der Waals surface area contributed by atoms with E-state index in [1.165, 1.54) is 32.1 Å². The van der Waals surface area contributed by atoms with Crippen LogP contribution in [0.15, 0.2) is 29.3 Å². The molecule has 0 bridgehead atoms. The summed E-state index contributed by atoms with van der Waals surface area (Å²) in [7, 11) is 0. The van der Waals surface area contributed by atoms with Gasteiger partial charge in [0.1, 0.15) is 0 Å². The largest absolute Gasteiger partial charge is 0.381 e.